The van der Waals surface area contributed by atoms with Gasteiger partial charge in [0.15, 0.2) is 0 Å². The van der Waals surface area contributed by atoms with Crippen molar-refractivity contribution in [1.29, 1.82) is 0 Å². The molecule has 0 saturated carbocycles. The van der Waals surface area contributed by atoms with Gasteiger partial charge in [0.25, 0.3) is 0 Å². The number of aryl methyl sites for hydroxylation is 2. The van der Waals surface area contributed by atoms with Crippen LogP contribution in [0, 0.1) is 20.8 Å². The molecule has 2 aromatic carbocycles. The lowest BCUT2D eigenvalue weighted by molar-refractivity contribution is -0.136. The second-order valence-corrected chi connectivity index (χ2v) is 7.88. The van der Waals surface area contributed by atoms with E-state index in [1.165, 1.54) is 5.56 Å². The van der Waals surface area contributed by atoms with E-state index in [0.717, 1.165) is 28.2 Å². The third-order valence-corrected chi connectivity index (χ3v) is 5.24. The highest BCUT2D eigenvalue weighted by molar-refractivity contribution is 6.39. The monoisotopic (exact) mass is 416 g/mol. The van der Waals surface area contributed by atoms with E-state index in [9.17, 15) is 9.59 Å². The number of hydrogen-bond acceptors (Lipinski definition) is 3. The van der Waals surface area contributed by atoms with Gasteiger partial charge in [0.1, 0.15) is 0 Å². The summed E-state index contributed by atoms with van der Waals surface area (Å²) in [6, 6.07) is 17.6. The SMILES string of the molecule is Cc1ccccc1-n1c(C)cc(/C=N\NC(=O)C(=O)Nc2ccc(C(C)C)cc2)c1C. The normalized spacial score (nSPS) is 11.2. The van der Waals surface area contributed by atoms with Crippen molar-refractivity contribution in [3.63, 3.8) is 0 Å². The van der Waals surface area contributed by atoms with Gasteiger partial charge >= 0.3 is 11.8 Å². The molecule has 3 aromatic rings. The number of carbonyl (C=O) groups is 2. The van der Waals surface area contributed by atoms with Crippen molar-refractivity contribution in [2.45, 2.75) is 40.5 Å². The van der Waals surface area contributed by atoms with Crippen molar-refractivity contribution in [1.82, 2.24) is 9.99 Å². The lowest BCUT2D eigenvalue weighted by Crippen LogP contribution is -2.32. The van der Waals surface area contributed by atoms with Crippen LogP contribution >= 0.6 is 0 Å². The fourth-order valence-corrected chi connectivity index (χ4v) is 3.45. The molecule has 0 aliphatic heterocycles. The van der Waals surface area contributed by atoms with Gasteiger partial charge < -0.3 is 9.88 Å². The highest BCUT2D eigenvalue weighted by atomic mass is 16.2. The Kier molecular flexibility index (Phi) is 6.70. The van der Waals surface area contributed by atoms with E-state index in [4.69, 9.17) is 0 Å². The second kappa shape index (κ2) is 9.43. The van der Waals surface area contributed by atoms with Gasteiger partial charge in [-0.15, -0.1) is 0 Å². The molecule has 0 spiro atoms. The molecular weight excluding hydrogens is 388 g/mol. The quantitative estimate of drug-likeness (QED) is 0.362. The molecule has 1 heterocycles. The molecule has 3 rings (SSSR count). The van der Waals surface area contributed by atoms with Gasteiger partial charge in [-0.2, -0.15) is 5.10 Å². The molecule has 0 saturated heterocycles. The van der Waals surface area contributed by atoms with E-state index in [0.29, 0.717) is 11.6 Å². The fourth-order valence-electron chi connectivity index (χ4n) is 3.45. The predicted octanol–water partition coefficient (Wildman–Crippen LogP) is 4.61. The Labute approximate surface area is 183 Å². The van der Waals surface area contributed by atoms with Gasteiger partial charge in [-0.25, -0.2) is 5.43 Å². The second-order valence-electron chi connectivity index (χ2n) is 7.88. The molecule has 0 radical (unpaired) electrons. The summed E-state index contributed by atoms with van der Waals surface area (Å²) < 4.78 is 2.14. The van der Waals surface area contributed by atoms with Crippen LogP contribution < -0.4 is 10.7 Å². The Morgan fingerprint density at radius 2 is 1.65 bits per heavy atom. The summed E-state index contributed by atoms with van der Waals surface area (Å²) >= 11 is 0. The van der Waals surface area contributed by atoms with Crippen molar-refractivity contribution in [2.75, 3.05) is 5.32 Å². The van der Waals surface area contributed by atoms with Crippen LogP contribution in [0.4, 0.5) is 5.69 Å². The van der Waals surface area contributed by atoms with Gasteiger partial charge in [-0.1, -0.05) is 44.2 Å². The summed E-state index contributed by atoms with van der Waals surface area (Å²) in [6.07, 6.45) is 1.56. The van der Waals surface area contributed by atoms with Crippen LogP contribution in [0.1, 0.15) is 47.8 Å². The van der Waals surface area contributed by atoms with Crippen LogP contribution in [-0.4, -0.2) is 22.6 Å². The third kappa shape index (κ3) is 5.09. The summed E-state index contributed by atoms with van der Waals surface area (Å²) in [5.41, 5.74) is 9.21. The maximum absolute atomic E-state index is 12.1. The molecule has 2 amide bonds. The van der Waals surface area contributed by atoms with Crippen LogP contribution in [-0.2, 0) is 9.59 Å². The minimum atomic E-state index is -0.822. The first-order chi connectivity index (χ1) is 14.8. The van der Waals surface area contributed by atoms with Gasteiger partial charge in [-0.05, 0) is 62.1 Å². The number of rotatable bonds is 5. The first-order valence-electron chi connectivity index (χ1n) is 10.3. The van der Waals surface area contributed by atoms with Gasteiger partial charge in [0, 0.05) is 28.3 Å². The lowest BCUT2D eigenvalue weighted by Gasteiger charge is -2.12. The number of anilines is 1. The average Bonchev–Trinajstić information content (AvgIpc) is 3.02. The molecule has 0 atom stereocenters. The fraction of sp³-hybridized carbons (Fsp3) is 0.240. The van der Waals surface area contributed by atoms with Crippen molar-refractivity contribution in [2.24, 2.45) is 5.10 Å². The minimum absolute atomic E-state index is 0.398. The van der Waals surface area contributed by atoms with Crippen molar-refractivity contribution in [3.05, 3.63) is 82.7 Å². The average molecular weight is 417 g/mol. The smallest absolute Gasteiger partial charge is 0.318 e. The first-order valence-corrected chi connectivity index (χ1v) is 10.3. The number of aromatic nitrogens is 1. The number of hydrazone groups is 1. The Morgan fingerprint density at radius 1 is 0.968 bits per heavy atom. The molecule has 31 heavy (non-hydrogen) atoms. The molecule has 0 bridgehead atoms. The maximum Gasteiger partial charge on any atom is 0.329 e. The lowest BCUT2D eigenvalue weighted by atomic mass is 10.0. The highest BCUT2D eigenvalue weighted by Crippen LogP contribution is 2.22. The standard InChI is InChI=1S/C25H28N4O2/c1-16(2)20-10-12-22(13-11-20)27-24(30)25(31)28-26-15-21-14-18(4)29(19(21)5)23-9-7-6-8-17(23)3/h6-16H,1-5H3,(H,27,30)(H,28,31)/b26-15-. The van der Waals surface area contributed by atoms with Gasteiger partial charge in [-0.3, -0.25) is 9.59 Å². The molecule has 0 unspecified atom stereocenters. The minimum Gasteiger partial charge on any atom is -0.318 e. The van der Waals surface area contributed by atoms with Crippen LogP contribution in [0.3, 0.4) is 0 Å². The number of carbonyl (C=O) groups excluding carboxylic acids is 2. The van der Waals surface area contributed by atoms with E-state index < -0.39 is 11.8 Å². The molecule has 6 nitrogen and oxygen atoms in total. The van der Waals surface area contributed by atoms with Gasteiger partial charge in [0.05, 0.1) is 6.21 Å². The summed E-state index contributed by atoms with van der Waals surface area (Å²) in [5, 5.41) is 6.55. The molecule has 2 N–H and O–H groups in total. The van der Waals surface area contributed by atoms with Crippen LogP contribution in [0.25, 0.3) is 5.69 Å². The molecule has 0 aliphatic rings. The molecule has 1 aromatic heterocycles. The molecule has 0 aliphatic carbocycles. The van der Waals surface area contributed by atoms with Crippen molar-refractivity contribution >= 4 is 23.7 Å². The van der Waals surface area contributed by atoms with Crippen LogP contribution in [0.5, 0.6) is 0 Å². The van der Waals surface area contributed by atoms with E-state index in [1.807, 2.05) is 44.2 Å². The first kappa shape index (κ1) is 22.0. The number of para-hydroxylation sites is 1. The molecule has 160 valence electrons. The topological polar surface area (TPSA) is 75.5 Å². The van der Waals surface area contributed by atoms with E-state index in [-0.39, 0.29) is 0 Å². The summed E-state index contributed by atoms with van der Waals surface area (Å²) in [7, 11) is 0. The number of nitrogens with one attached hydrogen (secondary N) is 2. The zero-order chi connectivity index (χ0) is 22.5. The number of amides is 2. The zero-order valence-corrected chi connectivity index (χ0v) is 18.6. The molecule has 6 heteroatoms. The Bertz CT molecular complexity index is 1120. The summed E-state index contributed by atoms with van der Waals surface area (Å²) in [5.74, 6) is -1.19. The molecular formula is C25H28N4O2. The van der Waals surface area contributed by atoms with E-state index in [1.54, 1.807) is 18.3 Å². The predicted molar refractivity (Wildman–Crippen MR) is 125 cm³/mol. The third-order valence-electron chi connectivity index (χ3n) is 5.24. The Hall–Kier alpha value is -3.67. The zero-order valence-electron chi connectivity index (χ0n) is 18.6. The Balaban J connectivity index is 1.65. The summed E-state index contributed by atoms with van der Waals surface area (Å²) in [4.78, 5) is 24.2. The van der Waals surface area contributed by atoms with E-state index in [2.05, 4.69) is 53.3 Å². The number of nitrogens with zero attached hydrogens (tertiary/aromatic N) is 2. The van der Waals surface area contributed by atoms with E-state index >= 15 is 0 Å². The van der Waals surface area contributed by atoms with Crippen molar-refractivity contribution < 1.29 is 9.59 Å². The Morgan fingerprint density at radius 3 is 2.29 bits per heavy atom. The van der Waals surface area contributed by atoms with Gasteiger partial charge in [0.2, 0.25) is 0 Å². The summed E-state index contributed by atoms with van der Waals surface area (Å²) in [6.45, 7) is 10.3. The van der Waals surface area contributed by atoms with Crippen molar-refractivity contribution in [3.8, 4) is 5.69 Å². The van der Waals surface area contributed by atoms with Crippen LogP contribution in [0.15, 0.2) is 59.7 Å². The largest absolute Gasteiger partial charge is 0.329 e. The number of benzene rings is 2. The molecule has 0 fully saturated rings. The van der Waals surface area contributed by atoms with Crippen LogP contribution in [0.2, 0.25) is 0 Å². The maximum atomic E-state index is 12.1. The highest BCUT2D eigenvalue weighted by Gasteiger charge is 2.14. The number of hydrogen-bond donors (Lipinski definition) is 2.